The van der Waals surface area contributed by atoms with E-state index in [2.05, 4.69) is 4.98 Å². The van der Waals surface area contributed by atoms with Crippen LogP contribution in [0.25, 0.3) is 10.6 Å². The van der Waals surface area contributed by atoms with Crippen molar-refractivity contribution in [2.45, 2.75) is 6.42 Å². The molecule has 0 spiro atoms. The van der Waals surface area contributed by atoms with E-state index in [0.29, 0.717) is 11.4 Å². The largest absolute Gasteiger partial charge is 0.396 e. The van der Waals surface area contributed by atoms with Gasteiger partial charge in [0.25, 0.3) is 0 Å². The van der Waals surface area contributed by atoms with Gasteiger partial charge < -0.3 is 5.11 Å². The molecule has 2 nitrogen and oxygen atoms in total. The van der Waals surface area contributed by atoms with Gasteiger partial charge in [-0.2, -0.15) is 0 Å². The predicted octanol–water partition coefficient (Wildman–Crippen LogP) is 3.00. The Labute approximate surface area is 97.2 Å². The van der Waals surface area contributed by atoms with Crippen LogP contribution >= 0.6 is 22.9 Å². The third kappa shape index (κ3) is 2.56. The van der Waals surface area contributed by atoms with Crippen molar-refractivity contribution in [3.8, 4) is 10.6 Å². The maximum atomic E-state index is 8.79. The van der Waals surface area contributed by atoms with Crippen LogP contribution in [0.2, 0.25) is 5.02 Å². The summed E-state index contributed by atoms with van der Waals surface area (Å²) in [5.41, 5.74) is 1.95. The van der Waals surface area contributed by atoms with Crippen molar-refractivity contribution in [1.29, 1.82) is 0 Å². The summed E-state index contributed by atoms with van der Waals surface area (Å²) in [5, 5.41) is 12.4. The van der Waals surface area contributed by atoms with Crippen LogP contribution < -0.4 is 0 Å². The van der Waals surface area contributed by atoms with Crippen LogP contribution in [0.3, 0.4) is 0 Å². The fourth-order valence-corrected chi connectivity index (χ4v) is 2.33. The van der Waals surface area contributed by atoms with Crippen molar-refractivity contribution in [3.63, 3.8) is 0 Å². The van der Waals surface area contributed by atoms with Gasteiger partial charge in [-0.1, -0.05) is 23.7 Å². The normalized spacial score (nSPS) is 10.5. The Bertz CT molecular complexity index is 455. The van der Waals surface area contributed by atoms with Crippen LogP contribution in [0, 0.1) is 0 Å². The molecule has 0 saturated carbocycles. The topological polar surface area (TPSA) is 33.1 Å². The van der Waals surface area contributed by atoms with Crippen LogP contribution in [-0.4, -0.2) is 16.7 Å². The lowest BCUT2D eigenvalue weighted by atomic mass is 10.2. The van der Waals surface area contributed by atoms with E-state index in [-0.39, 0.29) is 6.61 Å². The molecule has 0 radical (unpaired) electrons. The van der Waals surface area contributed by atoms with Gasteiger partial charge in [0.15, 0.2) is 0 Å². The van der Waals surface area contributed by atoms with Gasteiger partial charge in [-0.05, 0) is 12.1 Å². The number of thiazole rings is 1. The van der Waals surface area contributed by atoms with Crippen molar-refractivity contribution in [2.75, 3.05) is 6.61 Å². The fourth-order valence-electron chi connectivity index (χ4n) is 1.29. The molecule has 0 atom stereocenters. The number of hydrogen-bond donors (Lipinski definition) is 1. The summed E-state index contributed by atoms with van der Waals surface area (Å²) < 4.78 is 0. The zero-order valence-electron chi connectivity index (χ0n) is 7.98. The number of rotatable bonds is 3. The van der Waals surface area contributed by atoms with Gasteiger partial charge in [0.05, 0.1) is 5.69 Å². The molecule has 78 valence electrons. The van der Waals surface area contributed by atoms with Crippen molar-refractivity contribution in [2.24, 2.45) is 0 Å². The molecular weight excluding hydrogens is 230 g/mol. The summed E-state index contributed by atoms with van der Waals surface area (Å²) >= 11 is 7.47. The molecule has 4 heteroatoms. The van der Waals surface area contributed by atoms with Crippen molar-refractivity contribution >= 4 is 22.9 Å². The highest BCUT2D eigenvalue weighted by atomic mass is 35.5. The van der Waals surface area contributed by atoms with Crippen LogP contribution in [-0.2, 0) is 6.42 Å². The van der Waals surface area contributed by atoms with Gasteiger partial charge in [0.1, 0.15) is 5.01 Å². The second kappa shape index (κ2) is 4.75. The first-order valence-electron chi connectivity index (χ1n) is 4.61. The highest BCUT2D eigenvalue weighted by Crippen LogP contribution is 2.25. The third-order valence-corrected chi connectivity index (χ3v) is 3.17. The maximum absolute atomic E-state index is 8.79. The van der Waals surface area contributed by atoms with Crippen LogP contribution in [0.4, 0.5) is 0 Å². The summed E-state index contributed by atoms with van der Waals surface area (Å²) in [6, 6.07) is 7.62. The highest BCUT2D eigenvalue weighted by molar-refractivity contribution is 7.13. The molecule has 0 fully saturated rings. The van der Waals surface area contributed by atoms with Crippen molar-refractivity contribution in [3.05, 3.63) is 40.4 Å². The SMILES string of the molecule is OCCc1csc(-c2cccc(Cl)c2)n1. The standard InChI is InChI=1S/C11H10ClNOS/c12-9-3-1-2-8(6-9)11-13-10(4-5-14)7-15-11/h1-3,6-7,14H,4-5H2. The van der Waals surface area contributed by atoms with E-state index < -0.39 is 0 Å². The first kappa shape index (κ1) is 10.6. The summed E-state index contributed by atoms with van der Waals surface area (Å²) in [7, 11) is 0. The lowest BCUT2D eigenvalue weighted by Crippen LogP contribution is -1.90. The van der Waals surface area contributed by atoms with Gasteiger partial charge in [-0.15, -0.1) is 11.3 Å². The molecule has 0 aliphatic carbocycles. The number of hydrogen-bond acceptors (Lipinski definition) is 3. The Morgan fingerprint density at radius 3 is 3.00 bits per heavy atom. The second-order valence-electron chi connectivity index (χ2n) is 3.13. The molecular formula is C11H10ClNOS. The number of aliphatic hydroxyl groups excluding tert-OH is 1. The second-order valence-corrected chi connectivity index (χ2v) is 4.42. The van der Waals surface area contributed by atoms with E-state index in [1.54, 1.807) is 11.3 Å². The third-order valence-electron chi connectivity index (χ3n) is 1.99. The molecule has 1 aromatic heterocycles. The Hall–Kier alpha value is -0.900. The Kier molecular flexibility index (Phi) is 3.36. The lowest BCUT2D eigenvalue weighted by molar-refractivity contribution is 0.298. The smallest absolute Gasteiger partial charge is 0.123 e. The number of halogens is 1. The van der Waals surface area contributed by atoms with Crippen LogP contribution in [0.1, 0.15) is 5.69 Å². The average Bonchev–Trinajstić information content (AvgIpc) is 2.67. The molecule has 2 aromatic rings. The number of nitrogens with zero attached hydrogens (tertiary/aromatic N) is 1. The quantitative estimate of drug-likeness (QED) is 0.893. The number of aliphatic hydroxyl groups is 1. The van der Waals surface area contributed by atoms with Gasteiger partial charge in [0, 0.05) is 29.0 Å². The molecule has 1 aromatic carbocycles. The molecule has 0 saturated heterocycles. The van der Waals surface area contributed by atoms with E-state index in [1.165, 1.54) is 0 Å². The average molecular weight is 240 g/mol. The Balaban J connectivity index is 2.29. The zero-order chi connectivity index (χ0) is 10.7. The summed E-state index contributed by atoms with van der Waals surface area (Å²) in [6.07, 6.45) is 0.608. The molecule has 0 amide bonds. The Morgan fingerprint density at radius 1 is 1.40 bits per heavy atom. The molecule has 0 aliphatic heterocycles. The minimum absolute atomic E-state index is 0.138. The van der Waals surface area contributed by atoms with E-state index >= 15 is 0 Å². The summed E-state index contributed by atoms with van der Waals surface area (Å²) in [6.45, 7) is 0.138. The molecule has 0 bridgehead atoms. The predicted molar refractivity (Wildman–Crippen MR) is 63.3 cm³/mol. The monoisotopic (exact) mass is 239 g/mol. The Morgan fingerprint density at radius 2 is 2.27 bits per heavy atom. The van der Waals surface area contributed by atoms with Crippen molar-refractivity contribution < 1.29 is 5.11 Å². The maximum Gasteiger partial charge on any atom is 0.123 e. The highest BCUT2D eigenvalue weighted by Gasteiger charge is 2.04. The minimum atomic E-state index is 0.138. The van der Waals surface area contributed by atoms with E-state index in [4.69, 9.17) is 16.7 Å². The van der Waals surface area contributed by atoms with Gasteiger partial charge in [-0.3, -0.25) is 0 Å². The van der Waals surface area contributed by atoms with Crippen molar-refractivity contribution in [1.82, 2.24) is 4.98 Å². The molecule has 1 heterocycles. The lowest BCUT2D eigenvalue weighted by Gasteiger charge is -1.96. The molecule has 0 aliphatic rings. The fraction of sp³-hybridized carbons (Fsp3) is 0.182. The molecule has 2 rings (SSSR count). The van der Waals surface area contributed by atoms with Gasteiger partial charge in [0.2, 0.25) is 0 Å². The molecule has 15 heavy (non-hydrogen) atoms. The van der Waals surface area contributed by atoms with Crippen LogP contribution in [0.15, 0.2) is 29.6 Å². The zero-order valence-corrected chi connectivity index (χ0v) is 9.55. The summed E-state index contributed by atoms with van der Waals surface area (Å²) in [5.74, 6) is 0. The van der Waals surface area contributed by atoms with Gasteiger partial charge in [-0.25, -0.2) is 4.98 Å². The first-order chi connectivity index (χ1) is 7.29. The van der Waals surface area contributed by atoms with Crippen LogP contribution in [0.5, 0.6) is 0 Å². The minimum Gasteiger partial charge on any atom is -0.396 e. The number of aromatic nitrogens is 1. The van der Waals surface area contributed by atoms with E-state index in [1.807, 2.05) is 29.6 Å². The molecule has 0 unspecified atom stereocenters. The van der Waals surface area contributed by atoms with E-state index in [0.717, 1.165) is 16.3 Å². The first-order valence-corrected chi connectivity index (χ1v) is 5.86. The summed E-state index contributed by atoms with van der Waals surface area (Å²) in [4.78, 5) is 4.41. The van der Waals surface area contributed by atoms with Gasteiger partial charge >= 0.3 is 0 Å². The number of benzene rings is 1. The van der Waals surface area contributed by atoms with E-state index in [9.17, 15) is 0 Å². The molecule has 1 N–H and O–H groups in total.